The van der Waals surface area contributed by atoms with Gasteiger partial charge in [0.15, 0.2) is 0 Å². The minimum absolute atomic E-state index is 0.154. The summed E-state index contributed by atoms with van der Waals surface area (Å²) in [5, 5.41) is 22.3. The summed E-state index contributed by atoms with van der Waals surface area (Å²) < 4.78 is 64.5. The molecule has 4 N–H and O–H groups in total. The topological polar surface area (TPSA) is 166 Å². The molecule has 0 spiro atoms. The molecule has 34 heavy (non-hydrogen) atoms. The molecule has 0 aliphatic carbocycles. The Balaban J connectivity index is 1.89. The van der Waals surface area contributed by atoms with Gasteiger partial charge in [0.05, 0.1) is 21.2 Å². The summed E-state index contributed by atoms with van der Waals surface area (Å²) in [5.41, 5.74) is 1.51. The second-order valence-corrected chi connectivity index (χ2v) is 9.98. The average molecular weight is 500 g/mol. The molecule has 0 aliphatic rings. The quantitative estimate of drug-likeness (QED) is 0.207. The lowest BCUT2D eigenvalue weighted by atomic mass is 10.1. The van der Waals surface area contributed by atoms with Gasteiger partial charge in [-0.15, -0.1) is 5.11 Å². The molecule has 0 heterocycles. The van der Waals surface area contributed by atoms with Crippen LogP contribution in [0, 0.1) is 0 Å². The predicted molar refractivity (Wildman–Crippen MR) is 126 cm³/mol. The highest BCUT2D eigenvalue weighted by Crippen LogP contribution is 2.41. The first-order valence-electron chi connectivity index (χ1n) is 9.61. The van der Waals surface area contributed by atoms with Gasteiger partial charge in [-0.05, 0) is 54.6 Å². The Morgan fingerprint density at radius 1 is 0.676 bits per heavy atom. The minimum atomic E-state index is -4.62. The fourth-order valence-corrected chi connectivity index (χ4v) is 4.21. The van der Waals surface area contributed by atoms with E-state index in [1.807, 2.05) is 18.2 Å². The molecular formula is C22H17N3O7S2. The highest BCUT2D eigenvalue weighted by molar-refractivity contribution is 7.86. The van der Waals surface area contributed by atoms with Crippen LogP contribution in [0.25, 0.3) is 10.8 Å². The molecule has 10 nitrogen and oxygen atoms in total. The van der Waals surface area contributed by atoms with Crippen LogP contribution in [0.15, 0.2) is 98.9 Å². The van der Waals surface area contributed by atoms with Crippen LogP contribution in [-0.4, -0.2) is 31.0 Å². The highest BCUT2D eigenvalue weighted by atomic mass is 32.2. The molecule has 0 unspecified atom stereocenters. The first kappa shape index (κ1) is 23.3. The van der Waals surface area contributed by atoms with Gasteiger partial charge < -0.3 is 10.4 Å². The van der Waals surface area contributed by atoms with Gasteiger partial charge in [0.1, 0.15) is 11.4 Å². The second-order valence-electron chi connectivity index (χ2n) is 7.13. The van der Waals surface area contributed by atoms with E-state index in [1.165, 1.54) is 12.1 Å². The summed E-state index contributed by atoms with van der Waals surface area (Å²) in [6, 6.07) is 19.3. The molecule has 4 rings (SSSR count). The van der Waals surface area contributed by atoms with Crippen molar-refractivity contribution in [1.82, 2.24) is 0 Å². The molecule has 0 saturated heterocycles. The number of benzene rings is 4. The lowest BCUT2D eigenvalue weighted by molar-refractivity contribution is 0.471. The Hall–Kier alpha value is -3.84. The van der Waals surface area contributed by atoms with Gasteiger partial charge in [-0.3, -0.25) is 9.11 Å². The molecule has 0 aliphatic heterocycles. The third kappa shape index (κ3) is 5.05. The van der Waals surface area contributed by atoms with Gasteiger partial charge in [0, 0.05) is 22.5 Å². The standard InChI is InChI=1S/C22H17N3O7S2/c26-21-13-17(34(30,31)32)12-19-18(21)10-11-20(23-14-4-2-1-3-5-14)22(19)25-24-15-6-8-16(9-7-15)33(27,28)29/h1-13,23,26H,(H,27,28,29)(H,30,31,32). The zero-order valence-electron chi connectivity index (χ0n) is 17.2. The van der Waals surface area contributed by atoms with E-state index in [-0.39, 0.29) is 32.8 Å². The van der Waals surface area contributed by atoms with E-state index >= 15 is 0 Å². The summed E-state index contributed by atoms with van der Waals surface area (Å²) in [5.74, 6) is -0.384. The molecule has 0 fully saturated rings. The lowest BCUT2D eigenvalue weighted by Gasteiger charge is -2.13. The summed E-state index contributed by atoms with van der Waals surface area (Å²) in [6.45, 7) is 0. The first-order valence-corrected chi connectivity index (χ1v) is 12.5. The van der Waals surface area contributed by atoms with E-state index in [4.69, 9.17) is 4.55 Å². The fraction of sp³-hybridized carbons (Fsp3) is 0. The van der Waals surface area contributed by atoms with Crippen molar-refractivity contribution in [2.45, 2.75) is 9.79 Å². The second kappa shape index (κ2) is 8.83. The van der Waals surface area contributed by atoms with Crippen molar-refractivity contribution in [3.05, 3.63) is 78.9 Å². The van der Waals surface area contributed by atoms with Crippen molar-refractivity contribution in [2.75, 3.05) is 5.32 Å². The third-order valence-electron chi connectivity index (χ3n) is 4.81. The number of hydrogen-bond donors (Lipinski definition) is 4. The lowest BCUT2D eigenvalue weighted by Crippen LogP contribution is -1.98. The van der Waals surface area contributed by atoms with Crippen molar-refractivity contribution in [1.29, 1.82) is 0 Å². The fourth-order valence-electron chi connectivity index (χ4n) is 3.20. The van der Waals surface area contributed by atoms with E-state index in [1.54, 1.807) is 24.3 Å². The third-order valence-corrected chi connectivity index (χ3v) is 6.51. The van der Waals surface area contributed by atoms with Crippen molar-refractivity contribution in [2.24, 2.45) is 10.2 Å². The molecule has 12 heteroatoms. The van der Waals surface area contributed by atoms with Gasteiger partial charge in [-0.25, -0.2) is 0 Å². The molecule has 0 atom stereocenters. The molecule has 0 saturated carbocycles. The Morgan fingerprint density at radius 3 is 1.94 bits per heavy atom. The van der Waals surface area contributed by atoms with Crippen molar-refractivity contribution in [3.8, 4) is 5.75 Å². The van der Waals surface area contributed by atoms with Crippen molar-refractivity contribution < 1.29 is 31.0 Å². The number of anilines is 2. The van der Waals surface area contributed by atoms with Gasteiger partial charge in [-0.2, -0.15) is 21.9 Å². The molecule has 0 aromatic heterocycles. The number of nitrogens with one attached hydrogen (secondary N) is 1. The van der Waals surface area contributed by atoms with Crippen LogP contribution in [0.1, 0.15) is 0 Å². The van der Waals surface area contributed by atoms with Gasteiger partial charge in [-0.1, -0.05) is 18.2 Å². The summed E-state index contributed by atoms with van der Waals surface area (Å²) >= 11 is 0. The number of hydrogen-bond acceptors (Lipinski definition) is 8. The van der Waals surface area contributed by atoms with Crippen molar-refractivity contribution >= 4 is 53.8 Å². The summed E-state index contributed by atoms with van der Waals surface area (Å²) in [4.78, 5) is -0.839. The van der Waals surface area contributed by atoms with E-state index < -0.39 is 25.1 Å². The van der Waals surface area contributed by atoms with Crippen LogP contribution < -0.4 is 5.32 Å². The summed E-state index contributed by atoms with van der Waals surface area (Å²) in [7, 11) is -9.00. The molecule has 4 aromatic carbocycles. The normalized spacial score (nSPS) is 12.3. The number of para-hydroxylation sites is 1. The maximum absolute atomic E-state index is 11.7. The zero-order valence-corrected chi connectivity index (χ0v) is 18.8. The zero-order chi connectivity index (χ0) is 24.5. The minimum Gasteiger partial charge on any atom is -0.507 e. The number of azo groups is 1. The van der Waals surface area contributed by atoms with Gasteiger partial charge in [0.25, 0.3) is 20.2 Å². The maximum Gasteiger partial charge on any atom is 0.294 e. The number of phenolic OH excluding ortho intramolecular Hbond substituents is 1. The SMILES string of the molecule is O=S(=O)(O)c1ccc(N=Nc2c(Nc3ccccc3)ccc3c(O)cc(S(=O)(=O)O)cc23)cc1. The number of fused-ring (bicyclic) bond motifs is 1. The Morgan fingerprint density at radius 2 is 1.32 bits per heavy atom. The highest BCUT2D eigenvalue weighted by Gasteiger charge is 2.17. The van der Waals surface area contributed by atoms with Crippen molar-refractivity contribution in [3.63, 3.8) is 0 Å². The summed E-state index contributed by atoms with van der Waals surface area (Å²) in [6.07, 6.45) is 0. The monoisotopic (exact) mass is 499 g/mol. The van der Waals surface area contributed by atoms with E-state index in [2.05, 4.69) is 15.5 Å². The van der Waals surface area contributed by atoms with E-state index in [9.17, 15) is 26.5 Å². The Labute approximate surface area is 194 Å². The van der Waals surface area contributed by atoms with Crippen LogP contribution in [-0.2, 0) is 20.2 Å². The number of aromatic hydroxyl groups is 1. The maximum atomic E-state index is 11.7. The smallest absolute Gasteiger partial charge is 0.294 e. The molecule has 174 valence electrons. The van der Waals surface area contributed by atoms with E-state index in [0.717, 1.165) is 24.3 Å². The molecule has 0 amide bonds. The average Bonchev–Trinajstić information content (AvgIpc) is 2.78. The van der Waals surface area contributed by atoms with Crippen LogP contribution in [0.3, 0.4) is 0 Å². The molecular weight excluding hydrogens is 482 g/mol. The molecule has 0 radical (unpaired) electrons. The Kier molecular flexibility index (Phi) is 6.06. The number of phenols is 1. The predicted octanol–water partition coefficient (Wildman–Crippen LogP) is 5.20. The van der Waals surface area contributed by atoms with Crippen LogP contribution in [0.5, 0.6) is 5.75 Å². The number of rotatable bonds is 6. The molecule has 0 bridgehead atoms. The van der Waals surface area contributed by atoms with Crippen LogP contribution >= 0.6 is 0 Å². The van der Waals surface area contributed by atoms with Gasteiger partial charge >= 0.3 is 0 Å². The van der Waals surface area contributed by atoms with Crippen LogP contribution in [0.2, 0.25) is 0 Å². The molecule has 4 aromatic rings. The van der Waals surface area contributed by atoms with Crippen LogP contribution in [0.4, 0.5) is 22.7 Å². The Bertz CT molecular complexity index is 1620. The number of nitrogens with zero attached hydrogens (tertiary/aromatic N) is 2. The largest absolute Gasteiger partial charge is 0.507 e. The van der Waals surface area contributed by atoms with Gasteiger partial charge in [0.2, 0.25) is 0 Å². The first-order chi connectivity index (χ1) is 16.0. The van der Waals surface area contributed by atoms with E-state index in [0.29, 0.717) is 11.4 Å².